The van der Waals surface area contributed by atoms with Gasteiger partial charge in [-0.15, -0.1) is 0 Å². The zero-order valence-corrected chi connectivity index (χ0v) is 19.7. The van der Waals surface area contributed by atoms with Crippen molar-refractivity contribution in [1.29, 1.82) is 0 Å². The van der Waals surface area contributed by atoms with E-state index in [0.717, 1.165) is 17.9 Å². The number of rotatable bonds is 10. The molecule has 2 fully saturated rings. The topological polar surface area (TPSA) is 65.0 Å². The number of carbonyl (C=O) groups is 2. The number of nitrogens with zero attached hydrogens (tertiary/aromatic N) is 1. The second-order valence-electron chi connectivity index (χ2n) is 8.53. The number of benzene rings is 1. The van der Waals surface area contributed by atoms with Crippen molar-refractivity contribution in [3.05, 3.63) is 29.3 Å². The van der Waals surface area contributed by atoms with E-state index in [4.69, 9.17) is 21.2 Å². The molecular weight excluding hydrogens is 434 g/mol. The Morgan fingerprint density at radius 3 is 2.61 bits per heavy atom. The van der Waals surface area contributed by atoms with Crippen LogP contribution in [0.2, 0.25) is 5.02 Å². The molecule has 1 saturated carbocycles. The largest absolute Gasteiger partial charge is 0.487 e. The molecule has 0 spiro atoms. The van der Waals surface area contributed by atoms with Gasteiger partial charge < -0.3 is 9.57 Å². The van der Waals surface area contributed by atoms with Crippen molar-refractivity contribution >= 4 is 41.1 Å². The Bertz CT molecular complexity index is 730. The van der Waals surface area contributed by atoms with E-state index in [2.05, 4.69) is 5.16 Å². The molecule has 1 aromatic rings. The number of halogens is 1. The van der Waals surface area contributed by atoms with Gasteiger partial charge in [0.25, 0.3) is 0 Å². The highest BCUT2D eigenvalue weighted by Crippen LogP contribution is 2.37. The highest BCUT2D eigenvalue weighted by Gasteiger charge is 2.38. The zero-order chi connectivity index (χ0) is 22.1. The van der Waals surface area contributed by atoms with Gasteiger partial charge >= 0.3 is 0 Å². The van der Waals surface area contributed by atoms with Crippen molar-refractivity contribution in [3.63, 3.8) is 0 Å². The Labute approximate surface area is 194 Å². The Balaban J connectivity index is 1.29. The minimum atomic E-state index is -0.408. The summed E-state index contributed by atoms with van der Waals surface area (Å²) in [7, 11) is 0. The first-order valence-corrected chi connectivity index (χ1v) is 12.8. The van der Waals surface area contributed by atoms with Crippen molar-refractivity contribution in [1.82, 2.24) is 0 Å². The number of hydrogen-bond donors (Lipinski definition) is 0. The van der Waals surface area contributed by atoms with E-state index in [-0.39, 0.29) is 23.6 Å². The van der Waals surface area contributed by atoms with Crippen molar-refractivity contribution in [3.8, 4) is 5.75 Å². The molecule has 0 amide bonds. The lowest BCUT2D eigenvalue weighted by atomic mass is 9.72. The lowest BCUT2D eigenvalue weighted by Crippen LogP contribution is -2.37. The van der Waals surface area contributed by atoms with Gasteiger partial charge in [-0.2, -0.15) is 11.8 Å². The molecule has 0 radical (unpaired) electrons. The smallest absolute Gasteiger partial charge is 0.153 e. The fourth-order valence-electron chi connectivity index (χ4n) is 4.29. The lowest BCUT2D eigenvalue weighted by molar-refractivity contribution is -0.138. The fourth-order valence-corrected chi connectivity index (χ4v) is 5.70. The van der Waals surface area contributed by atoms with E-state index in [9.17, 15) is 9.59 Å². The van der Waals surface area contributed by atoms with Gasteiger partial charge in [-0.05, 0) is 86.6 Å². The monoisotopic (exact) mass is 465 g/mol. The first-order valence-electron chi connectivity index (χ1n) is 11.2. The summed E-state index contributed by atoms with van der Waals surface area (Å²) in [5.74, 6) is 3.77. The predicted molar refractivity (Wildman–Crippen MR) is 126 cm³/mol. The van der Waals surface area contributed by atoms with Crippen LogP contribution in [0, 0.1) is 17.8 Å². The summed E-state index contributed by atoms with van der Waals surface area (Å²) < 4.78 is 5.72. The molecule has 31 heavy (non-hydrogen) atoms. The van der Waals surface area contributed by atoms with Gasteiger partial charge in [-0.3, -0.25) is 9.59 Å². The van der Waals surface area contributed by atoms with E-state index in [1.807, 2.05) is 30.8 Å². The molecule has 170 valence electrons. The third-order valence-electron chi connectivity index (χ3n) is 6.00. The number of ether oxygens (including phenoxy) is 1. The SMILES string of the molecule is CC(CON=CCCCC1C(=O)CC(C2CCCSC2)CC1=O)Oc1ccc(Cl)cc1. The third-order valence-corrected chi connectivity index (χ3v) is 7.49. The molecule has 3 rings (SSSR count). The first-order chi connectivity index (χ1) is 15.0. The standard InChI is InChI=1S/C24H32ClNO4S/c1-17(30-21-9-7-20(25)8-10-21)15-29-26-11-3-2-6-22-23(27)13-19(14-24(22)28)18-5-4-12-31-16-18/h7-11,17-19,22H,2-6,12-16H2,1H3. The third kappa shape index (κ3) is 7.83. The summed E-state index contributed by atoms with van der Waals surface area (Å²) in [5, 5.41) is 4.63. The average molecular weight is 466 g/mol. The second-order valence-corrected chi connectivity index (χ2v) is 10.1. The molecule has 0 N–H and O–H groups in total. The number of carbonyl (C=O) groups excluding carboxylic acids is 2. The summed E-state index contributed by atoms with van der Waals surface area (Å²) in [6.07, 6.45) is 7.18. The first kappa shape index (κ1) is 24.1. The van der Waals surface area contributed by atoms with Crippen LogP contribution in [0.4, 0.5) is 0 Å². The fraction of sp³-hybridized carbons (Fsp3) is 0.625. The average Bonchev–Trinajstić information content (AvgIpc) is 2.76. The molecule has 1 aliphatic carbocycles. The molecule has 1 aliphatic heterocycles. The van der Waals surface area contributed by atoms with Crippen LogP contribution < -0.4 is 4.74 Å². The van der Waals surface area contributed by atoms with E-state index >= 15 is 0 Å². The summed E-state index contributed by atoms with van der Waals surface area (Å²) in [5.41, 5.74) is 0. The number of ketones is 2. The molecule has 2 aliphatic rings. The van der Waals surface area contributed by atoms with Gasteiger partial charge in [0.05, 0.1) is 5.92 Å². The van der Waals surface area contributed by atoms with Gasteiger partial charge in [0, 0.05) is 24.1 Å². The van der Waals surface area contributed by atoms with Gasteiger partial charge in [0.2, 0.25) is 0 Å². The summed E-state index contributed by atoms with van der Waals surface area (Å²) in [4.78, 5) is 30.4. The highest BCUT2D eigenvalue weighted by atomic mass is 35.5. The number of oxime groups is 1. The number of Topliss-reactive ketones (excluding diaryl/α,β-unsaturated/α-hetero) is 2. The molecular formula is C24H32ClNO4S. The van der Waals surface area contributed by atoms with Gasteiger partial charge in [-0.25, -0.2) is 0 Å². The molecule has 1 heterocycles. The Hall–Kier alpha value is -1.53. The lowest BCUT2D eigenvalue weighted by Gasteiger charge is -2.34. The quantitative estimate of drug-likeness (QED) is 0.195. The molecule has 0 bridgehead atoms. The second kappa shape index (κ2) is 12.5. The Morgan fingerprint density at radius 2 is 1.94 bits per heavy atom. The number of hydrogen-bond acceptors (Lipinski definition) is 6. The van der Waals surface area contributed by atoms with Crippen molar-refractivity contribution in [2.75, 3.05) is 18.1 Å². The van der Waals surface area contributed by atoms with Crippen LogP contribution in [0.3, 0.4) is 0 Å². The van der Waals surface area contributed by atoms with Gasteiger partial charge in [0.1, 0.15) is 23.4 Å². The Kier molecular flexibility index (Phi) is 9.72. The van der Waals surface area contributed by atoms with Crippen molar-refractivity contribution in [2.24, 2.45) is 22.9 Å². The maximum Gasteiger partial charge on any atom is 0.153 e. The van der Waals surface area contributed by atoms with Crippen LogP contribution in [0.15, 0.2) is 29.4 Å². The van der Waals surface area contributed by atoms with Crippen LogP contribution in [0.1, 0.15) is 51.9 Å². The van der Waals surface area contributed by atoms with Crippen LogP contribution in [0.5, 0.6) is 5.75 Å². The van der Waals surface area contributed by atoms with E-state index in [1.54, 1.807) is 18.3 Å². The summed E-state index contributed by atoms with van der Waals surface area (Å²) >= 11 is 7.82. The van der Waals surface area contributed by atoms with E-state index in [0.29, 0.717) is 43.2 Å². The van der Waals surface area contributed by atoms with E-state index in [1.165, 1.54) is 18.6 Å². The maximum absolute atomic E-state index is 12.6. The molecule has 1 saturated heterocycles. The Morgan fingerprint density at radius 1 is 1.19 bits per heavy atom. The molecule has 1 aromatic carbocycles. The highest BCUT2D eigenvalue weighted by molar-refractivity contribution is 7.99. The molecule has 7 heteroatoms. The number of unbranched alkanes of at least 4 members (excludes halogenated alkanes) is 1. The minimum Gasteiger partial charge on any atom is -0.487 e. The van der Waals surface area contributed by atoms with Gasteiger partial charge in [-0.1, -0.05) is 16.8 Å². The molecule has 0 aromatic heterocycles. The molecule has 5 nitrogen and oxygen atoms in total. The molecule has 2 unspecified atom stereocenters. The summed E-state index contributed by atoms with van der Waals surface area (Å²) in [6.45, 7) is 2.24. The van der Waals surface area contributed by atoms with Crippen LogP contribution in [-0.2, 0) is 14.4 Å². The molecule has 2 atom stereocenters. The van der Waals surface area contributed by atoms with E-state index < -0.39 is 5.92 Å². The van der Waals surface area contributed by atoms with Crippen LogP contribution >= 0.6 is 23.4 Å². The normalized spacial score (nSPS) is 25.5. The summed E-state index contributed by atoms with van der Waals surface area (Å²) in [6, 6.07) is 7.18. The minimum absolute atomic E-state index is 0.147. The van der Waals surface area contributed by atoms with Crippen molar-refractivity contribution in [2.45, 2.75) is 58.0 Å². The van der Waals surface area contributed by atoms with Crippen LogP contribution in [0.25, 0.3) is 0 Å². The number of thioether (sulfide) groups is 1. The zero-order valence-electron chi connectivity index (χ0n) is 18.1. The van der Waals surface area contributed by atoms with Crippen LogP contribution in [-0.4, -0.2) is 42.0 Å². The predicted octanol–water partition coefficient (Wildman–Crippen LogP) is 5.59. The maximum atomic E-state index is 12.6. The van der Waals surface area contributed by atoms with Gasteiger partial charge in [0.15, 0.2) is 6.61 Å². The van der Waals surface area contributed by atoms with Crippen molar-refractivity contribution < 1.29 is 19.2 Å².